The molecule has 1 atom stereocenters. The standard InChI is InChI=1S/C21H25N3O2/c1-15-7-9-18(10-8-15)20(22)21(26)23-13-16-4-2-5-17(12-16)14-24-11-3-6-19(24)25/h2,4-5,7-10,12,20H,3,6,11,13-14,22H2,1H3,(H,23,26). The summed E-state index contributed by atoms with van der Waals surface area (Å²) >= 11 is 0. The van der Waals surface area contributed by atoms with Gasteiger partial charge in [-0.2, -0.15) is 0 Å². The molecule has 0 bridgehead atoms. The van der Waals surface area contributed by atoms with E-state index in [0.29, 0.717) is 19.5 Å². The SMILES string of the molecule is Cc1ccc(C(N)C(=O)NCc2cccc(CN3CCCC3=O)c2)cc1. The van der Waals surface area contributed by atoms with Crippen LogP contribution in [0.15, 0.2) is 48.5 Å². The summed E-state index contributed by atoms with van der Waals surface area (Å²) in [5.74, 6) is 0.0155. The fraction of sp³-hybridized carbons (Fsp3) is 0.333. The summed E-state index contributed by atoms with van der Waals surface area (Å²) < 4.78 is 0. The van der Waals surface area contributed by atoms with Gasteiger partial charge >= 0.3 is 0 Å². The van der Waals surface area contributed by atoms with Crippen molar-refractivity contribution < 1.29 is 9.59 Å². The molecule has 3 rings (SSSR count). The third kappa shape index (κ3) is 4.49. The number of carbonyl (C=O) groups is 2. The molecule has 2 amide bonds. The first-order valence-corrected chi connectivity index (χ1v) is 8.98. The van der Waals surface area contributed by atoms with Crippen LogP contribution >= 0.6 is 0 Å². The van der Waals surface area contributed by atoms with Crippen LogP contribution in [0.4, 0.5) is 0 Å². The van der Waals surface area contributed by atoms with Crippen molar-refractivity contribution in [3.8, 4) is 0 Å². The van der Waals surface area contributed by atoms with Gasteiger partial charge in [0.15, 0.2) is 0 Å². The summed E-state index contributed by atoms with van der Waals surface area (Å²) in [6.07, 6.45) is 1.58. The number of rotatable bonds is 6. The van der Waals surface area contributed by atoms with E-state index in [2.05, 4.69) is 5.32 Å². The maximum atomic E-state index is 12.3. The summed E-state index contributed by atoms with van der Waals surface area (Å²) in [5, 5.41) is 2.90. The first kappa shape index (κ1) is 18.1. The summed E-state index contributed by atoms with van der Waals surface area (Å²) in [6.45, 7) is 3.87. The van der Waals surface area contributed by atoms with E-state index in [4.69, 9.17) is 5.73 Å². The van der Waals surface area contributed by atoms with Gasteiger partial charge in [0.05, 0.1) is 0 Å². The minimum Gasteiger partial charge on any atom is -0.350 e. The zero-order valence-corrected chi connectivity index (χ0v) is 15.1. The largest absolute Gasteiger partial charge is 0.350 e. The first-order valence-electron chi connectivity index (χ1n) is 8.98. The second-order valence-electron chi connectivity index (χ2n) is 6.84. The summed E-state index contributed by atoms with van der Waals surface area (Å²) in [7, 11) is 0. The van der Waals surface area contributed by atoms with Crippen molar-refractivity contribution in [1.29, 1.82) is 0 Å². The van der Waals surface area contributed by atoms with Crippen molar-refractivity contribution in [1.82, 2.24) is 10.2 Å². The van der Waals surface area contributed by atoms with Gasteiger partial charge in [0.25, 0.3) is 0 Å². The molecular weight excluding hydrogens is 326 g/mol. The van der Waals surface area contributed by atoms with E-state index < -0.39 is 6.04 Å². The summed E-state index contributed by atoms with van der Waals surface area (Å²) in [6, 6.07) is 14.9. The van der Waals surface area contributed by atoms with Gasteiger partial charge in [0, 0.05) is 26.1 Å². The Labute approximate surface area is 154 Å². The highest BCUT2D eigenvalue weighted by Crippen LogP contribution is 2.16. The number of aryl methyl sites for hydroxylation is 1. The third-order valence-corrected chi connectivity index (χ3v) is 4.72. The number of benzene rings is 2. The Morgan fingerprint density at radius 1 is 1.19 bits per heavy atom. The fourth-order valence-electron chi connectivity index (χ4n) is 3.15. The average Bonchev–Trinajstić information content (AvgIpc) is 3.05. The molecule has 0 saturated carbocycles. The number of likely N-dealkylation sites (tertiary alicyclic amines) is 1. The molecule has 0 aliphatic carbocycles. The Morgan fingerprint density at radius 3 is 2.62 bits per heavy atom. The van der Waals surface area contributed by atoms with Crippen LogP contribution in [0.2, 0.25) is 0 Å². The molecule has 1 saturated heterocycles. The van der Waals surface area contributed by atoms with Gasteiger partial charge in [0.2, 0.25) is 11.8 Å². The van der Waals surface area contributed by atoms with Crippen LogP contribution in [-0.4, -0.2) is 23.3 Å². The van der Waals surface area contributed by atoms with Crippen LogP contribution in [0.25, 0.3) is 0 Å². The number of nitrogens with zero attached hydrogens (tertiary/aromatic N) is 1. The lowest BCUT2D eigenvalue weighted by Crippen LogP contribution is -2.33. The Hall–Kier alpha value is -2.66. The number of carbonyl (C=O) groups excluding carboxylic acids is 2. The lowest BCUT2D eigenvalue weighted by Gasteiger charge is -2.16. The molecule has 1 aliphatic heterocycles. The van der Waals surface area contributed by atoms with Gasteiger partial charge < -0.3 is 16.0 Å². The highest BCUT2D eigenvalue weighted by molar-refractivity contribution is 5.82. The predicted octanol–water partition coefficient (Wildman–Crippen LogP) is 2.43. The molecule has 26 heavy (non-hydrogen) atoms. The highest BCUT2D eigenvalue weighted by Gasteiger charge is 2.20. The number of hydrogen-bond donors (Lipinski definition) is 2. The molecule has 1 aliphatic rings. The van der Waals surface area contributed by atoms with Crippen LogP contribution in [0, 0.1) is 6.92 Å². The lowest BCUT2D eigenvalue weighted by molar-refractivity contribution is -0.128. The molecule has 1 fully saturated rings. The van der Waals surface area contributed by atoms with Crippen molar-refractivity contribution in [2.24, 2.45) is 5.73 Å². The van der Waals surface area contributed by atoms with E-state index in [0.717, 1.165) is 35.2 Å². The molecule has 0 radical (unpaired) electrons. The van der Waals surface area contributed by atoms with Crippen LogP contribution in [0.3, 0.4) is 0 Å². The first-order chi connectivity index (χ1) is 12.5. The molecule has 5 heteroatoms. The molecule has 2 aromatic carbocycles. The molecule has 3 N–H and O–H groups in total. The zero-order chi connectivity index (χ0) is 18.5. The van der Waals surface area contributed by atoms with Gasteiger partial charge in [-0.05, 0) is 30.0 Å². The molecule has 1 unspecified atom stereocenters. The monoisotopic (exact) mass is 351 g/mol. The second kappa shape index (κ2) is 8.15. The van der Waals surface area contributed by atoms with Gasteiger partial charge in [-0.15, -0.1) is 0 Å². The zero-order valence-electron chi connectivity index (χ0n) is 15.1. The van der Waals surface area contributed by atoms with Crippen molar-refractivity contribution >= 4 is 11.8 Å². The summed E-state index contributed by atoms with van der Waals surface area (Å²) in [5.41, 5.74) is 10.1. The van der Waals surface area contributed by atoms with Crippen molar-refractivity contribution in [2.75, 3.05) is 6.54 Å². The molecule has 0 spiro atoms. The van der Waals surface area contributed by atoms with Crippen LogP contribution in [0.1, 0.15) is 41.1 Å². The molecule has 136 valence electrons. The average molecular weight is 351 g/mol. The van der Waals surface area contributed by atoms with E-state index >= 15 is 0 Å². The van der Waals surface area contributed by atoms with E-state index in [1.807, 2.05) is 60.4 Å². The van der Waals surface area contributed by atoms with E-state index in [1.165, 1.54) is 0 Å². The molecule has 2 aromatic rings. The smallest absolute Gasteiger partial charge is 0.241 e. The van der Waals surface area contributed by atoms with Crippen LogP contribution < -0.4 is 11.1 Å². The lowest BCUT2D eigenvalue weighted by atomic mass is 10.1. The molecule has 1 heterocycles. The molecular formula is C21H25N3O2. The number of amides is 2. The third-order valence-electron chi connectivity index (χ3n) is 4.72. The van der Waals surface area contributed by atoms with Gasteiger partial charge in [0.1, 0.15) is 6.04 Å². The van der Waals surface area contributed by atoms with Crippen molar-refractivity contribution in [3.63, 3.8) is 0 Å². The normalized spacial score (nSPS) is 15.2. The maximum Gasteiger partial charge on any atom is 0.241 e. The number of nitrogens with one attached hydrogen (secondary N) is 1. The van der Waals surface area contributed by atoms with E-state index in [9.17, 15) is 9.59 Å². The van der Waals surface area contributed by atoms with Crippen molar-refractivity contribution in [2.45, 2.75) is 38.9 Å². The molecule has 5 nitrogen and oxygen atoms in total. The maximum absolute atomic E-state index is 12.3. The Bertz CT molecular complexity index is 786. The van der Waals surface area contributed by atoms with Gasteiger partial charge in [-0.3, -0.25) is 9.59 Å². The van der Waals surface area contributed by atoms with Crippen molar-refractivity contribution in [3.05, 3.63) is 70.8 Å². The number of hydrogen-bond acceptors (Lipinski definition) is 3. The Kier molecular flexibility index (Phi) is 5.68. The predicted molar refractivity (Wildman–Crippen MR) is 101 cm³/mol. The summed E-state index contributed by atoms with van der Waals surface area (Å²) in [4.78, 5) is 26.0. The second-order valence-corrected chi connectivity index (χ2v) is 6.84. The number of nitrogens with two attached hydrogens (primary N) is 1. The van der Waals surface area contributed by atoms with Crippen LogP contribution in [-0.2, 0) is 22.7 Å². The fourth-order valence-corrected chi connectivity index (χ4v) is 3.15. The quantitative estimate of drug-likeness (QED) is 0.839. The highest BCUT2D eigenvalue weighted by atomic mass is 16.2. The minimum atomic E-state index is -0.680. The molecule has 0 aromatic heterocycles. The van der Waals surface area contributed by atoms with Gasteiger partial charge in [-0.25, -0.2) is 0 Å². The Balaban J connectivity index is 1.57. The van der Waals surface area contributed by atoms with E-state index in [1.54, 1.807) is 0 Å². The van der Waals surface area contributed by atoms with E-state index in [-0.39, 0.29) is 11.8 Å². The van der Waals surface area contributed by atoms with Crippen LogP contribution in [0.5, 0.6) is 0 Å². The van der Waals surface area contributed by atoms with Gasteiger partial charge in [-0.1, -0.05) is 54.1 Å². The Morgan fingerprint density at radius 2 is 1.92 bits per heavy atom. The topological polar surface area (TPSA) is 75.4 Å². The minimum absolute atomic E-state index is 0.200.